The van der Waals surface area contributed by atoms with E-state index >= 15 is 0 Å². The van der Waals surface area contributed by atoms with E-state index in [0.717, 1.165) is 5.92 Å². The third kappa shape index (κ3) is 4.14. The normalized spacial score (nSPS) is 18.2. The Labute approximate surface area is 170 Å². The number of aryl methyl sites for hydroxylation is 2. The molecule has 125 valence electrons. The molecule has 0 bridgehead atoms. The van der Waals surface area contributed by atoms with Crippen molar-refractivity contribution in [3.05, 3.63) is 69.6 Å². The predicted octanol–water partition coefficient (Wildman–Crippen LogP) is 4.93. The van der Waals surface area contributed by atoms with Crippen molar-refractivity contribution in [2.75, 3.05) is 0 Å². The maximum Gasteiger partial charge on any atom is 0 e. The molecule has 0 nitrogen and oxygen atoms in total. The van der Waals surface area contributed by atoms with Crippen LogP contribution in [-0.4, -0.2) is 0 Å². The molecule has 0 heterocycles. The standard InChI is InChI=1S/C24H25.Zr/c1-17-11-18(2)13-22(12-17)23-10-6-9-21-15-20(16-24(21)23)14-19-7-4-3-5-8-19;/h6,9-14,16,19H,3-5,7-8H2,1-2H3;. The molecule has 25 heavy (non-hydrogen) atoms. The van der Waals surface area contributed by atoms with Crippen molar-refractivity contribution in [3.63, 3.8) is 0 Å². The van der Waals surface area contributed by atoms with E-state index in [-0.39, 0.29) is 26.2 Å². The first-order chi connectivity index (χ1) is 11.7. The quantitative estimate of drug-likeness (QED) is 0.666. The maximum atomic E-state index is 3.63. The van der Waals surface area contributed by atoms with E-state index < -0.39 is 0 Å². The minimum atomic E-state index is 0. The van der Waals surface area contributed by atoms with Crippen LogP contribution < -0.4 is 10.4 Å². The van der Waals surface area contributed by atoms with E-state index in [2.05, 4.69) is 68.5 Å². The van der Waals surface area contributed by atoms with Gasteiger partial charge in [0.2, 0.25) is 0 Å². The Kier molecular flexibility index (Phi) is 5.95. The summed E-state index contributed by atoms with van der Waals surface area (Å²) in [6.45, 7) is 4.35. The largest absolute Gasteiger partial charge is 0.0735 e. The van der Waals surface area contributed by atoms with Gasteiger partial charge in [-0.1, -0.05) is 72.9 Å². The number of hydrogen-bond acceptors (Lipinski definition) is 0. The van der Waals surface area contributed by atoms with Crippen LogP contribution in [0.5, 0.6) is 0 Å². The zero-order valence-electron chi connectivity index (χ0n) is 15.2. The molecule has 4 rings (SSSR count). The van der Waals surface area contributed by atoms with Crippen LogP contribution >= 0.6 is 0 Å². The topological polar surface area (TPSA) is 0 Å². The van der Waals surface area contributed by atoms with Gasteiger partial charge in [0.05, 0.1) is 0 Å². The summed E-state index contributed by atoms with van der Waals surface area (Å²) in [5.74, 6) is 0.747. The van der Waals surface area contributed by atoms with Crippen molar-refractivity contribution >= 4 is 12.2 Å². The first kappa shape index (κ1) is 18.6. The second-order valence-corrected chi connectivity index (χ2v) is 7.43. The van der Waals surface area contributed by atoms with Crippen LogP contribution in [0.1, 0.15) is 43.2 Å². The Morgan fingerprint density at radius 1 is 0.960 bits per heavy atom. The molecule has 0 saturated heterocycles. The molecule has 0 N–H and O–H groups in total. The van der Waals surface area contributed by atoms with Gasteiger partial charge >= 0.3 is 0 Å². The average molecular weight is 405 g/mol. The molecule has 0 amide bonds. The van der Waals surface area contributed by atoms with Gasteiger partial charge in [0.15, 0.2) is 0 Å². The molecule has 0 spiro atoms. The van der Waals surface area contributed by atoms with Gasteiger partial charge in [0.25, 0.3) is 0 Å². The van der Waals surface area contributed by atoms with Gasteiger partial charge in [-0.25, -0.2) is 0 Å². The van der Waals surface area contributed by atoms with E-state index in [1.165, 1.54) is 70.4 Å². The molecule has 0 aromatic heterocycles. The zero-order chi connectivity index (χ0) is 16.5. The molecule has 1 saturated carbocycles. The number of fused-ring (bicyclic) bond motifs is 1. The predicted molar refractivity (Wildman–Crippen MR) is 103 cm³/mol. The Morgan fingerprint density at radius 2 is 1.68 bits per heavy atom. The molecule has 2 aliphatic rings. The van der Waals surface area contributed by atoms with Gasteiger partial charge in [-0.05, 0) is 71.9 Å². The van der Waals surface area contributed by atoms with Crippen LogP contribution in [0.15, 0.2) is 48.0 Å². The van der Waals surface area contributed by atoms with Crippen molar-refractivity contribution in [1.29, 1.82) is 0 Å². The third-order valence-corrected chi connectivity index (χ3v) is 5.28. The fourth-order valence-electron chi connectivity index (χ4n) is 4.20. The summed E-state index contributed by atoms with van der Waals surface area (Å²) in [6, 6.07) is 13.4. The van der Waals surface area contributed by atoms with Crippen LogP contribution in [0.3, 0.4) is 0 Å². The van der Waals surface area contributed by atoms with Crippen LogP contribution in [0, 0.1) is 19.8 Å². The van der Waals surface area contributed by atoms with E-state index in [0.29, 0.717) is 0 Å². The fourth-order valence-corrected chi connectivity index (χ4v) is 4.20. The molecule has 1 radical (unpaired) electrons. The molecule has 0 atom stereocenters. The summed E-state index contributed by atoms with van der Waals surface area (Å²) in [7, 11) is 0. The maximum absolute atomic E-state index is 3.63. The fraction of sp³-hybridized carbons (Fsp3) is 0.333. The van der Waals surface area contributed by atoms with Crippen LogP contribution in [0.25, 0.3) is 23.3 Å². The summed E-state index contributed by atoms with van der Waals surface area (Å²) in [5, 5.41) is 2.58. The van der Waals surface area contributed by atoms with Gasteiger partial charge in [0.1, 0.15) is 0 Å². The van der Waals surface area contributed by atoms with E-state index in [9.17, 15) is 0 Å². The second kappa shape index (κ2) is 8.00. The van der Waals surface area contributed by atoms with E-state index in [1.807, 2.05) is 0 Å². The molecule has 2 aliphatic carbocycles. The van der Waals surface area contributed by atoms with Crippen molar-refractivity contribution in [3.8, 4) is 11.1 Å². The minimum Gasteiger partial charge on any atom is -0.0735 e. The number of hydrogen-bond donors (Lipinski definition) is 0. The van der Waals surface area contributed by atoms with Crippen LogP contribution in [-0.2, 0) is 26.2 Å². The smallest absolute Gasteiger partial charge is 0 e. The first-order valence-corrected chi connectivity index (χ1v) is 9.24. The third-order valence-electron chi connectivity index (χ3n) is 5.28. The average Bonchev–Trinajstić information content (AvgIpc) is 2.97. The monoisotopic (exact) mass is 403 g/mol. The molecule has 1 fully saturated rings. The van der Waals surface area contributed by atoms with Crippen LogP contribution in [0.2, 0.25) is 0 Å². The first-order valence-electron chi connectivity index (χ1n) is 9.24. The number of benzene rings is 2. The van der Waals surface area contributed by atoms with Gasteiger partial charge in [-0.3, -0.25) is 0 Å². The van der Waals surface area contributed by atoms with Crippen molar-refractivity contribution in [2.24, 2.45) is 5.92 Å². The van der Waals surface area contributed by atoms with Gasteiger partial charge in [-0.15, -0.1) is 0 Å². The molecule has 2 aromatic rings. The minimum absolute atomic E-state index is 0. The van der Waals surface area contributed by atoms with Crippen molar-refractivity contribution in [2.45, 2.75) is 46.0 Å². The summed E-state index contributed by atoms with van der Waals surface area (Å²) in [5.41, 5.74) is 6.59. The molecule has 0 aliphatic heterocycles. The summed E-state index contributed by atoms with van der Waals surface area (Å²) in [4.78, 5) is 0. The summed E-state index contributed by atoms with van der Waals surface area (Å²) in [6.07, 6.45) is 15.3. The van der Waals surface area contributed by atoms with E-state index in [1.54, 1.807) is 0 Å². The van der Waals surface area contributed by atoms with Gasteiger partial charge < -0.3 is 0 Å². The van der Waals surface area contributed by atoms with E-state index in [4.69, 9.17) is 0 Å². The SMILES string of the molecule is Cc1cc(C)cc(-c2cccc3c2=CC(=CC2CCCCC2)[C]=3)c1.[Zr]. The van der Waals surface area contributed by atoms with Crippen molar-refractivity contribution < 1.29 is 26.2 Å². The van der Waals surface area contributed by atoms with Gasteiger partial charge in [0, 0.05) is 26.2 Å². The number of rotatable bonds is 2. The zero-order valence-corrected chi connectivity index (χ0v) is 17.7. The van der Waals surface area contributed by atoms with Crippen LogP contribution in [0.4, 0.5) is 0 Å². The van der Waals surface area contributed by atoms with Crippen molar-refractivity contribution in [1.82, 2.24) is 0 Å². The molecular formula is C24H25Zr. The number of allylic oxidation sites excluding steroid dienone is 2. The van der Waals surface area contributed by atoms with Gasteiger partial charge in [-0.2, -0.15) is 0 Å². The Morgan fingerprint density at radius 3 is 2.40 bits per heavy atom. The Balaban J connectivity index is 0.00000182. The summed E-state index contributed by atoms with van der Waals surface area (Å²) >= 11 is 0. The Bertz CT molecular complexity index is 891. The molecular weight excluding hydrogens is 379 g/mol. The molecule has 2 aromatic carbocycles. The summed E-state index contributed by atoms with van der Waals surface area (Å²) < 4.78 is 0. The second-order valence-electron chi connectivity index (χ2n) is 7.43. The molecule has 1 heteroatoms. The Hall–Kier alpha value is -1.20. The molecule has 0 unspecified atom stereocenters.